The van der Waals surface area contributed by atoms with E-state index in [4.69, 9.17) is 21.7 Å². The van der Waals surface area contributed by atoms with Crippen LogP contribution in [0.15, 0.2) is 40.0 Å². The number of ether oxygens (including phenoxy) is 2. The Morgan fingerprint density at radius 2 is 2.00 bits per heavy atom. The summed E-state index contributed by atoms with van der Waals surface area (Å²) < 4.78 is 11.1. The van der Waals surface area contributed by atoms with Crippen molar-refractivity contribution >= 4 is 39.2 Å². The summed E-state index contributed by atoms with van der Waals surface area (Å²) in [5.41, 5.74) is 2.28. The molecule has 1 aromatic carbocycles. The van der Waals surface area contributed by atoms with Crippen LogP contribution in [0.4, 0.5) is 0 Å². The maximum Gasteiger partial charge on any atom is 0.337 e. The highest BCUT2D eigenvalue weighted by molar-refractivity contribution is 9.10. The summed E-state index contributed by atoms with van der Waals surface area (Å²) in [6, 6.07) is 7.43. The number of esters is 1. The van der Waals surface area contributed by atoms with Crippen LogP contribution in [0.25, 0.3) is 0 Å². The first-order valence-corrected chi connectivity index (χ1v) is 8.31. The van der Waals surface area contributed by atoms with Crippen LogP contribution in [0.5, 0.6) is 0 Å². The first-order valence-electron chi connectivity index (χ1n) is 7.11. The number of benzene rings is 1. The minimum atomic E-state index is -0.368. The zero-order valence-electron chi connectivity index (χ0n) is 13.3. The summed E-state index contributed by atoms with van der Waals surface area (Å²) >= 11 is 8.88. The van der Waals surface area contributed by atoms with Crippen molar-refractivity contribution in [3.8, 4) is 0 Å². The van der Waals surface area contributed by atoms with Gasteiger partial charge in [0.25, 0.3) is 0 Å². The monoisotopic (exact) mass is 398 g/mol. The molecule has 0 saturated carbocycles. The number of allylic oxidation sites excluding steroid dienone is 1. The molecule has 23 heavy (non-hydrogen) atoms. The van der Waals surface area contributed by atoms with Gasteiger partial charge in [0, 0.05) is 23.8 Å². The van der Waals surface area contributed by atoms with Crippen LogP contribution in [0.2, 0.25) is 0 Å². The highest BCUT2D eigenvalue weighted by atomic mass is 79.9. The van der Waals surface area contributed by atoms with Gasteiger partial charge >= 0.3 is 5.97 Å². The molecule has 0 aromatic heterocycles. The van der Waals surface area contributed by atoms with Crippen LogP contribution in [-0.2, 0) is 14.3 Å². The number of thiocarbonyl (C=S) groups is 1. The molecule has 0 unspecified atom stereocenters. The summed E-state index contributed by atoms with van der Waals surface area (Å²) in [6.45, 7) is 2.96. The van der Waals surface area contributed by atoms with E-state index in [9.17, 15) is 4.79 Å². The first-order chi connectivity index (χ1) is 11.0. The largest absolute Gasteiger partial charge is 0.466 e. The molecule has 0 radical (unpaired) electrons. The predicted molar refractivity (Wildman–Crippen MR) is 95.9 cm³/mol. The van der Waals surface area contributed by atoms with Gasteiger partial charge in [-0.15, -0.1) is 0 Å². The fourth-order valence-electron chi connectivity index (χ4n) is 2.51. The van der Waals surface area contributed by atoms with E-state index in [-0.39, 0.29) is 12.0 Å². The number of halogens is 1. The zero-order valence-corrected chi connectivity index (χ0v) is 15.7. The van der Waals surface area contributed by atoms with Crippen molar-refractivity contribution in [1.82, 2.24) is 10.2 Å². The Balaban J connectivity index is 2.45. The Hall–Kier alpha value is -1.44. The van der Waals surface area contributed by atoms with Gasteiger partial charge in [-0.1, -0.05) is 28.1 Å². The van der Waals surface area contributed by atoms with E-state index in [1.165, 1.54) is 7.11 Å². The lowest BCUT2D eigenvalue weighted by atomic mass is 9.95. The third-order valence-corrected chi connectivity index (χ3v) is 4.59. The fourth-order valence-corrected chi connectivity index (χ4v) is 3.12. The molecular formula is C16H19BrN2O3S. The standard InChI is InChI=1S/C16H19BrN2O3S/c1-10-13(15(20)22-3)14(11-4-6-12(17)7-5-11)18-16(23)19(10)8-9-21-2/h4-7,14H,8-9H2,1-3H3,(H,18,23)/t14-/m1/s1. The third kappa shape index (κ3) is 3.91. The van der Waals surface area contributed by atoms with E-state index in [0.29, 0.717) is 23.8 Å². The van der Waals surface area contributed by atoms with Crippen molar-refractivity contribution in [3.05, 3.63) is 45.6 Å². The second-order valence-electron chi connectivity index (χ2n) is 5.07. The molecule has 1 atom stereocenters. The summed E-state index contributed by atoms with van der Waals surface area (Å²) in [5.74, 6) is -0.368. The van der Waals surface area contributed by atoms with Crippen molar-refractivity contribution in [3.63, 3.8) is 0 Å². The smallest absolute Gasteiger partial charge is 0.337 e. The average molecular weight is 399 g/mol. The first kappa shape index (κ1) is 17.9. The summed E-state index contributed by atoms with van der Waals surface area (Å²) in [7, 11) is 3.01. The molecule has 1 heterocycles. The van der Waals surface area contributed by atoms with Crippen molar-refractivity contribution < 1.29 is 14.3 Å². The summed E-state index contributed by atoms with van der Waals surface area (Å²) in [6.07, 6.45) is 0. The van der Waals surface area contributed by atoms with E-state index in [1.54, 1.807) is 7.11 Å². The molecule has 1 aliphatic heterocycles. The molecule has 1 aromatic rings. The second kappa shape index (κ2) is 7.90. The maximum atomic E-state index is 12.3. The number of hydrogen-bond donors (Lipinski definition) is 1. The molecule has 7 heteroatoms. The van der Waals surface area contributed by atoms with Crippen molar-refractivity contribution in [2.45, 2.75) is 13.0 Å². The van der Waals surface area contributed by atoms with Gasteiger partial charge in [0.05, 0.1) is 25.3 Å². The quantitative estimate of drug-likeness (QED) is 0.607. The number of nitrogens with one attached hydrogen (secondary N) is 1. The van der Waals surface area contributed by atoms with Gasteiger partial charge in [-0.2, -0.15) is 0 Å². The SMILES string of the molecule is COCCN1C(=S)N[C@H](c2ccc(Br)cc2)C(C(=O)OC)=C1C. The van der Waals surface area contributed by atoms with Crippen LogP contribution < -0.4 is 5.32 Å². The second-order valence-corrected chi connectivity index (χ2v) is 6.37. The predicted octanol–water partition coefficient (Wildman–Crippen LogP) is 2.77. The Labute approximate surface area is 149 Å². The van der Waals surface area contributed by atoms with Crippen molar-refractivity contribution in [1.29, 1.82) is 0 Å². The van der Waals surface area contributed by atoms with Crippen LogP contribution in [-0.4, -0.2) is 43.4 Å². The lowest BCUT2D eigenvalue weighted by molar-refractivity contribution is -0.136. The normalized spacial score (nSPS) is 18.0. The minimum absolute atomic E-state index is 0.332. The van der Waals surface area contributed by atoms with Crippen molar-refractivity contribution in [2.24, 2.45) is 0 Å². The average Bonchev–Trinajstić information content (AvgIpc) is 2.54. The van der Waals surface area contributed by atoms with E-state index in [0.717, 1.165) is 15.7 Å². The fraction of sp³-hybridized carbons (Fsp3) is 0.375. The molecule has 1 N–H and O–H groups in total. The molecule has 124 valence electrons. The molecule has 0 saturated heterocycles. The molecule has 5 nitrogen and oxygen atoms in total. The Bertz CT molecular complexity index is 631. The number of hydrogen-bond acceptors (Lipinski definition) is 4. The number of carbonyl (C=O) groups excluding carboxylic acids is 1. The van der Waals surface area contributed by atoms with Gasteiger partial charge < -0.3 is 19.7 Å². The number of rotatable bonds is 5. The summed E-state index contributed by atoms with van der Waals surface area (Å²) in [4.78, 5) is 14.2. The highest BCUT2D eigenvalue weighted by Crippen LogP contribution is 2.31. The van der Waals surface area contributed by atoms with Crippen molar-refractivity contribution in [2.75, 3.05) is 27.4 Å². The molecule has 0 bridgehead atoms. The lowest BCUT2D eigenvalue weighted by Gasteiger charge is -2.37. The molecule has 1 aliphatic rings. The number of nitrogens with zero attached hydrogens (tertiary/aromatic N) is 1. The lowest BCUT2D eigenvalue weighted by Crippen LogP contribution is -2.48. The van der Waals surface area contributed by atoms with Gasteiger partial charge in [-0.25, -0.2) is 4.79 Å². The van der Waals surface area contributed by atoms with Gasteiger partial charge in [-0.3, -0.25) is 0 Å². The third-order valence-electron chi connectivity index (χ3n) is 3.72. The molecule has 0 amide bonds. The van der Waals surface area contributed by atoms with E-state index in [1.807, 2.05) is 36.1 Å². The molecule has 0 aliphatic carbocycles. The zero-order chi connectivity index (χ0) is 17.0. The Morgan fingerprint density at radius 1 is 1.35 bits per heavy atom. The maximum absolute atomic E-state index is 12.3. The minimum Gasteiger partial charge on any atom is -0.466 e. The molecule has 0 spiro atoms. The van der Waals surface area contributed by atoms with Gasteiger partial charge in [-0.05, 0) is 36.8 Å². The van der Waals surface area contributed by atoms with Gasteiger partial charge in [0.2, 0.25) is 0 Å². The van der Waals surface area contributed by atoms with E-state index in [2.05, 4.69) is 21.2 Å². The summed E-state index contributed by atoms with van der Waals surface area (Å²) in [5, 5.41) is 3.80. The van der Waals surface area contributed by atoms with Crippen LogP contribution in [0.1, 0.15) is 18.5 Å². The van der Waals surface area contributed by atoms with Gasteiger partial charge in [0.1, 0.15) is 0 Å². The van der Waals surface area contributed by atoms with E-state index >= 15 is 0 Å². The van der Waals surface area contributed by atoms with Gasteiger partial charge in [0.15, 0.2) is 5.11 Å². The molecule has 0 fully saturated rings. The van der Waals surface area contributed by atoms with E-state index < -0.39 is 0 Å². The van der Waals surface area contributed by atoms with Crippen LogP contribution >= 0.6 is 28.1 Å². The Kier molecular flexibility index (Phi) is 6.15. The molecular weight excluding hydrogens is 380 g/mol. The number of methoxy groups -OCH3 is 2. The number of carbonyl (C=O) groups is 1. The molecule has 2 rings (SSSR count). The van der Waals surface area contributed by atoms with Crippen LogP contribution in [0.3, 0.4) is 0 Å². The van der Waals surface area contributed by atoms with Crippen LogP contribution in [0, 0.1) is 0 Å². The Morgan fingerprint density at radius 3 is 2.57 bits per heavy atom. The topological polar surface area (TPSA) is 50.8 Å². The highest BCUT2D eigenvalue weighted by Gasteiger charge is 2.34.